The summed E-state index contributed by atoms with van der Waals surface area (Å²) < 4.78 is 13.7. The molecule has 0 aliphatic heterocycles. The Balaban J connectivity index is 2.22. The minimum Gasteiger partial charge on any atom is -0.249 e. The highest BCUT2D eigenvalue weighted by Crippen LogP contribution is 2.25. The summed E-state index contributed by atoms with van der Waals surface area (Å²) in [5.74, 6) is 0.0895. The van der Waals surface area contributed by atoms with Crippen LogP contribution in [0.2, 0.25) is 5.02 Å². The Kier molecular flexibility index (Phi) is 3.79. The number of aromatic nitrogens is 1. The van der Waals surface area contributed by atoms with Crippen molar-refractivity contribution in [1.29, 1.82) is 0 Å². The van der Waals surface area contributed by atoms with E-state index in [2.05, 4.69) is 18.8 Å². The molecule has 0 spiro atoms. The van der Waals surface area contributed by atoms with E-state index in [0.29, 0.717) is 17.9 Å². The third-order valence-corrected chi connectivity index (χ3v) is 4.05. The molecule has 1 aromatic carbocycles. The summed E-state index contributed by atoms with van der Waals surface area (Å²) in [6, 6.07) is 5.09. The third kappa shape index (κ3) is 2.85. The van der Waals surface area contributed by atoms with Gasteiger partial charge < -0.3 is 0 Å². The summed E-state index contributed by atoms with van der Waals surface area (Å²) >= 11 is 7.38. The molecule has 2 rings (SSSR count). The molecule has 2 aromatic rings. The molecule has 1 nitrogen and oxygen atoms in total. The Morgan fingerprint density at radius 2 is 2.18 bits per heavy atom. The fourth-order valence-electron chi connectivity index (χ4n) is 1.54. The lowest BCUT2D eigenvalue weighted by molar-refractivity contribution is 0.615. The molecule has 0 radical (unpaired) electrons. The molecule has 90 valence electrons. The molecule has 0 amide bonds. The van der Waals surface area contributed by atoms with Gasteiger partial charge in [0.2, 0.25) is 0 Å². The predicted molar refractivity (Wildman–Crippen MR) is 70.4 cm³/mol. The van der Waals surface area contributed by atoms with E-state index in [4.69, 9.17) is 11.6 Å². The number of rotatable bonds is 3. The first kappa shape index (κ1) is 12.5. The minimum absolute atomic E-state index is 0.177. The van der Waals surface area contributed by atoms with Crippen LogP contribution in [0.5, 0.6) is 0 Å². The molecule has 0 aliphatic rings. The molecular weight excluding hydrogens is 257 g/mol. The molecule has 1 aromatic heterocycles. The van der Waals surface area contributed by atoms with Crippen molar-refractivity contribution < 1.29 is 4.39 Å². The lowest BCUT2D eigenvalue weighted by atomic mass is 10.1. The summed E-state index contributed by atoms with van der Waals surface area (Å²) in [7, 11) is 0. The van der Waals surface area contributed by atoms with E-state index in [1.165, 1.54) is 0 Å². The minimum atomic E-state index is -0.325. The molecule has 17 heavy (non-hydrogen) atoms. The molecule has 0 unspecified atom stereocenters. The Morgan fingerprint density at radius 3 is 2.82 bits per heavy atom. The average Bonchev–Trinajstić information content (AvgIpc) is 2.73. The van der Waals surface area contributed by atoms with E-state index in [0.717, 1.165) is 9.88 Å². The van der Waals surface area contributed by atoms with Crippen LogP contribution in [0.25, 0.3) is 0 Å². The number of halogens is 2. The lowest BCUT2D eigenvalue weighted by Crippen LogP contribution is -1.90. The number of benzene rings is 1. The van der Waals surface area contributed by atoms with Crippen molar-refractivity contribution in [3.63, 3.8) is 0 Å². The SMILES string of the molecule is CC(C)c1ncc(Cc2cccc(Cl)c2F)s1. The zero-order chi connectivity index (χ0) is 12.4. The lowest BCUT2D eigenvalue weighted by Gasteiger charge is -2.02. The van der Waals surface area contributed by atoms with Crippen molar-refractivity contribution in [2.75, 3.05) is 0 Å². The summed E-state index contributed by atoms with van der Waals surface area (Å²) in [4.78, 5) is 5.39. The number of nitrogens with zero attached hydrogens (tertiary/aromatic N) is 1. The van der Waals surface area contributed by atoms with Gasteiger partial charge in [-0.2, -0.15) is 0 Å². The summed E-state index contributed by atoms with van der Waals surface area (Å²) in [6.07, 6.45) is 2.37. The topological polar surface area (TPSA) is 12.9 Å². The fourth-order valence-corrected chi connectivity index (χ4v) is 2.68. The number of thiazole rings is 1. The van der Waals surface area contributed by atoms with Crippen molar-refractivity contribution in [2.24, 2.45) is 0 Å². The van der Waals surface area contributed by atoms with Crippen LogP contribution in [0.3, 0.4) is 0 Å². The Hall–Kier alpha value is -0.930. The molecule has 0 bridgehead atoms. The third-order valence-electron chi connectivity index (χ3n) is 2.46. The van der Waals surface area contributed by atoms with Crippen LogP contribution in [0.4, 0.5) is 4.39 Å². The molecule has 0 atom stereocenters. The molecule has 0 N–H and O–H groups in total. The van der Waals surface area contributed by atoms with Gasteiger partial charge in [0.05, 0.1) is 10.0 Å². The van der Waals surface area contributed by atoms with Gasteiger partial charge in [-0.1, -0.05) is 37.6 Å². The van der Waals surface area contributed by atoms with Gasteiger partial charge >= 0.3 is 0 Å². The smallest absolute Gasteiger partial charge is 0.145 e. The number of hydrogen-bond acceptors (Lipinski definition) is 2. The van der Waals surface area contributed by atoms with E-state index in [9.17, 15) is 4.39 Å². The predicted octanol–water partition coefficient (Wildman–Crippen LogP) is 4.65. The van der Waals surface area contributed by atoms with Gasteiger partial charge in [-0.05, 0) is 11.6 Å². The van der Waals surface area contributed by atoms with Crippen LogP contribution in [0.15, 0.2) is 24.4 Å². The number of hydrogen-bond donors (Lipinski definition) is 0. The Bertz CT molecular complexity index is 522. The average molecular weight is 270 g/mol. The molecule has 0 saturated heterocycles. The molecule has 4 heteroatoms. The van der Waals surface area contributed by atoms with Crippen molar-refractivity contribution in [3.05, 3.63) is 50.7 Å². The van der Waals surface area contributed by atoms with Crippen molar-refractivity contribution in [3.8, 4) is 0 Å². The van der Waals surface area contributed by atoms with Crippen molar-refractivity contribution in [2.45, 2.75) is 26.2 Å². The molecule has 1 heterocycles. The standard InChI is InChI=1S/C13H13ClFNS/c1-8(2)13-16-7-10(17-13)6-9-4-3-5-11(14)12(9)15/h3-5,7-8H,6H2,1-2H3. The zero-order valence-corrected chi connectivity index (χ0v) is 11.3. The summed E-state index contributed by atoms with van der Waals surface area (Å²) in [5, 5.41) is 1.26. The highest BCUT2D eigenvalue weighted by atomic mass is 35.5. The van der Waals surface area contributed by atoms with Crippen molar-refractivity contribution >= 4 is 22.9 Å². The van der Waals surface area contributed by atoms with E-state index in [1.807, 2.05) is 6.20 Å². The maximum atomic E-state index is 13.7. The van der Waals surface area contributed by atoms with Crippen molar-refractivity contribution in [1.82, 2.24) is 4.98 Å². The first-order valence-electron chi connectivity index (χ1n) is 5.45. The van der Waals surface area contributed by atoms with Gasteiger partial charge in [-0.3, -0.25) is 0 Å². The van der Waals surface area contributed by atoms with Gasteiger partial charge in [0.25, 0.3) is 0 Å². The second-order valence-electron chi connectivity index (χ2n) is 4.21. The van der Waals surface area contributed by atoms with Crippen LogP contribution < -0.4 is 0 Å². The molecule has 0 saturated carbocycles. The highest BCUT2D eigenvalue weighted by molar-refractivity contribution is 7.11. The fraction of sp³-hybridized carbons (Fsp3) is 0.308. The van der Waals surface area contributed by atoms with Gasteiger partial charge in [-0.25, -0.2) is 9.37 Å². The highest BCUT2D eigenvalue weighted by Gasteiger charge is 2.10. The van der Waals surface area contributed by atoms with Crippen LogP contribution in [0.1, 0.15) is 35.2 Å². The molecule has 0 fully saturated rings. The normalized spacial score (nSPS) is 11.1. The Labute approximate surface area is 109 Å². The van der Waals surface area contributed by atoms with E-state index < -0.39 is 0 Å². The zero-order valence-electron chi connectivity index (χ0n) is 9.71. The first-order chi connectivity index (χ1) is 8.08. The Morgan fingerprint density at radius 1 is 1.41 bits per heavy atom. The van der Waals surface area contributed by atoms with Crippen LogP contribution in [0, 0.1) is 5.82 Å². The largest absolute Gasteiger partial charge is 0.249 e. The first-order valence-corrected chi connectivity index (χ1v) is 6.65. The second kappa shape index (κ2) is 5.15. The van der Waals surface area contributed by atoms with E-state index in [-0.39, 0.29) is 10.8 Å². The van der Waals surface area contributed by atoms with Crippen LogP contribution in [-0.2, 0) is 6.42 Å². The van der Waals surface area contributed by atoms with E-state index >= 15 is 0 Å². The quantitative estimate of drug-likeness (QED) is 0.790. The maximum absolute atomic E-state index is 13.7. The maximum Gasteiger partial charge on any atom is 0.145 e. The molecular formula is C13H13ClFNS. The van der Waals surface area contributed by atoms with Gasteiger partial charge in [-0.15, -0.1) is 11.3 Å². The van der Waals surface area contributed by atoms with Gasteiger partial charge in [0, 0.05) is 23.4 Å². The summed E-state index contributed by atoms with van der Waals surface area (Å²) in [6.45, 7) is 4.20. The molecule has 0 aliphatic carbocycles. The van der Waals surface area contributed by atoms with Gasteiger partial charge in [0.15, 0.2) is 0 Å². The summed E-state index contributed by atoms with van der Waals surface area (Å²) in [5.41, 5.74) is 0.622. The monoisotopic (exact) mass is 269 g/mol. The van der Waals surface area contributed by atoms with E-state index in [1.54, 1.807) is 29.5 Å². The van der Waals surface area contributed by atoms with Crippen LogP contribution >= 0.6 is 22.9 Å². The second-order valence-corrected chi connectivity index (χ2v) is 5.76. The van der Waals surface area contributed by atoms with Gasteiger partial charge in [0.1, 0.15) is 5.82 Å². The van der Waals surface area contributed by atoms with Crippen LogP contribution in [-0.4, -0.2) is 4.98 Å².